The van der Waals surface area contributed by atoms with Gasteiger partial charge in [0.05, 0.1) is 5.92 Å². The first-order chi connectivity index (χ1) is 8.97. The van der Waals surface area contributed by atoms with Crippen LogP contribution in [0.3, 0.4) is 0 Å². The van der Waals surface area contributed by atoms with Crippen LogP contribution >= 0.6 is 0 Å². The van der Waals surface area contributed by atoms with Crippen LogP contribution in [0.15, 0.2) is 18.2 Å². The lowest BCUT2D eigenvalue weighted by Crippen LogP contribution is -2.42. The Hall–Kier alpha value is -1.42. The summed E-state index contributed by atoms with van der Waals surface area (Å²) in [5, 5.41) is 9.03. The van der Waals surface area contributed by atoms with Crippen molar-refractivity contribution in [3.05, 3.63) is 35.1 Å². The van der Waals surface area contributed by atoms with Gasteiger partial charge in [-0.1, -0.05) is 17.7 Å². The molecule has 3 nitrogen and oxygen atoms in total. The first-order valence-corrected chi connectivity index (χ1v) is 6.69. The van der Waals surface area contributed by atoms with Crippen LogP contribution in [-0.4, -0.2) is 28.6 Å². The molecule has 0 amide bonds. The molecule has 2 rings (SSSR count). The second kappa shape index (κ2) is 5.70. The first-order valence-electron chi connectivity index (χ1n) is 6.69. The highest BCUT2D eigenvalue weighted by molar-refractivity contribution is 5.70. The summed E-state index contributed by atoms with van der Waals surface area (Å²) in [6, 6.07) is 5.30. The van der Waals surface area contributed by atoms with Gasteiger partial charge < -0.3 is 5.11 Å². The number of hydrogen-bond acceptors (Lipinski definition) is 2. The molecular formula is C15H20FNO2. The predicted octanol–water partition coefficient (Wildman–Crippen LogP) is 2.82. The Morgan fingerprint density at radius 3 is 2.89 bits per heavy atom. The smallest absolute Gasteiger partial charge is 0.306 e. The average Bonchev–Trinajstić information content (AvgIpc) is 2.36. The van der Waals surface area contributed by atoms with Gasteiger partial charge in [-0.05, 0) is 39.3 Å². The normalized spacial score (nSPS) is 24.4. The maximum Gasteiger partial charge on any atom is 0.306 e. The molecular weight excluding hydrogens is 245 g/mol. The molecule has 0 saturated carbocycles. The van der Waals surface area contributed by atoms with E-state index in [4.69, 9.17) is 5.11 Å². The number of carbonyl (C=O) groups is 1. The van der Waals surface area contributed by atoms with E-state index in [1.54, 1.807) is 6.07 Å². The largest absolute Gasteiger partial charge is 0.481 e. The van der Waals surface area contributed by atoms with Crippen LogP contribution in [0.25, 0.3) is 0 Å². The molecule has 2 unspecified atom stereocenters. The predicted molar refractivity (Wildman–Crippen MR) is 71.4 cm³/mol. The van der Waals surface area contributed by atoms with E-state index in [9.17, 15) is 9.18 Å². The number of nitrogens with zero attached hydrogens (tertiary/aromatic N) is 1. The lowest BCUT2D eigenvalue weighted by atomic mass is 9.91. The molecule has 0 bridgehead atoms. The van der Waals surface area contributed by atoms with Crippen LogP contribution in [0.1, 0.15) is 30.9 Å². The Kier molecular flexibility index (Phi) is 4.20. The van der Waals surface area contributed by atoms with Crippen molar-refractivity contribution in [3.63, 3.8) is 0 Å². The topological polar surface area (TPSA) is 40.5 Å². The fourth-order valence-electron chi connectivity index (χ4n) is 2.72. The fourth-order valence-corrected chi connectivity index (χ4v) is 2.72. The summed E-state index contributed by atoms with van der Waals surface area (Å²) >= 11 is 0. The molecule has 1 fully saturated rings. The number of aryl methyl sites for hydroxylation is 1. The van der Waals surface area contributed by atoms with Crippen molar-refractivity contribution < 1.29 is 14.3 Å². The van der Waals surface area contributed by atoms with Crippen LogP contribution in [0.2, 0.25) is 0 Å². The third-order valence-corrected chi connectivity index (χ3v) is 3.94. The quantitative estimate of drug-likeness (QED) is 0.913. The number of carboxylic acid groups (broad SMARTS) is 1. The number of piperidine rings is 1. The molecule has 2 atom stereocenters. The number of likely N-dealkylation sites (tertiary alicyclic amines) is 1. The molecule has 1 aromatic rings. The van der Waals surface area contributed by atoms with Crippen LogP contribution in [0.5, 0.6) is 0 Å². The highest BCUT2D eigenvalue weighted by Crippen LogP contribution is 2.25. The summed E-state index contributed by atoms with van der Waals surface area (Å²) < 4.78 is 13.7. The van der Waals surface area contributed by atoms with Gasteiger partial charge >= 0.3 is 5.97 Å². The summed E-state index contributed by atoms with van der Waals surface area (Å²) in [6.07, 6.45) is 1.29. The summed E-state index contributed by atoms with van der Waals surface area (Å²) in [5.74, 6) is -1.15. The maximum atomic E-state index is 13.7. The van der Waals surface area contributed by atoms with E-state index >= 15 is 0 Å². The first kappa shape index (κ1) is 14.0. The van der Waals surface area contributed by atoms with E-state index in [-0.39, 0.29) is 17.8 Å². The standard InChI is InChI=1S/C15H20FNO2/c1-10-3-4-14(16)13(7-10)9-17-6-5-12(15(18)19)8-11(17)2/h3-4,7,11-12H,5-6,8-9H2,1-2H3,(H,18,19). The number of benzene rings is 1. The maximum absolute atomic E-state index is 13.7. The summed E-state index contributed by atoms with van der Waals surface area (Å²) in [7, 11) is 0. The molecule has 0 aliphatic carbocycles. The van der Waals surface area contributed by atoms with Gasteiger partial charge in [0.15, 0.2) is 0 Å². The number of halogens is 1. The van der Waals surface area contributed by atoms with Crippen LogP contribution in [0, 0.1) is 18.7 Å². The Morgan fingerprint density at radius 1 is 1.53 bits per heavy atom. The fraction of sp³-hybridized carbons (Fsp3) is 0.533. The van der Waals surface area contributed by atoms with Crippen molar-refractivity contribution in [2.24, 2.45) is 5.92 Å². The SMILES string of the molecule is Cc1ccc(F)c(CN2CCC(C(=O)O)CC2C)c1. The van der Waals surface area contributed by atoms with E-state index < -0.39 is 5.97 Å². The molecule has 4 heteroatoms. The van der Waals surface area contributed by atoms with Gasteiger partial charge in [0.1, 0.15) is 5.82 Å². The Labute approximate surface area is 113 Å². The average molecular weight is 265 g/mol. The van der Waals surface area contributed by atoms with Crippen molar-refractivity contribution in [2.75, 3.05) is 6.54 Å². The second-order valence-corrected chi connectivity index (χ2v) is 5.47. The molecule has 1 heterocycles. The van der Waals surface area contributed by atoms with Gasteiger partial charge in [0.25, 0.3) is 0 Å². The van der Waals surface area contributed by atoms with Gasteiger partial charge in [0, 0.05) is 18.2 Å². The van der Waals surface area contributed by atoms with Crippen molar-refractivity contribution in [1.29, 1.82) is 0 Å². The molecule has 0 aromatic heterocycles. The zero-order valence-electron chi connectivity index (χ0n) is 11.4. The van der Waals surface area contributed by atoms with E-state index in [0.29, 0.717) is 31.5 Å². The Balaban J connectivity index is 2.04. The second-order valence-electron chi connectivity index (χ2n) is 5.47. The van der Waals surface area contributed by atoms with E-state index in [2.05, 4.69) is 4.90 Å². The van der Waals surface area contributed by atoms with Crippen LogP contribution in [0.4, 0.5) is 4.39 Å². The highest BCUT2D eigenvalue weighted by Gasteiger charge is 2.29. The summed E-state index contributed by atoms with van der Waals surface area (Å²) in [4.78, 5) is 13.1. The molecule has 19 heavy (non-hydrogen) atoms. The van der Waals surface area contributed by atoms with Crippen molar-refractivity contribution in [1.82, 2.24) is 4.90 Å². The zero-order valence-corrected chi connectivity index (χ0v) is 11.4. The molecule has 104 valence electrons. The van der Waals surface area contributed by atoms with Gasteiger partial charge in [-0.2, -0.15) is 0 Å². The number of carboxylic acids is 1. The molecule has 1 saturated heterocycles. The number of hydrogen-bond donors (Lipinski definition) is 1. The summed E-state index contributed by atoms with van der Waals surface area (Å²) in [6.45, 7) is 5.23. The minimum atomic E-state index is -0.715. The van der Waals surface area contributed by atoms with Crippen molar-refractivity contribution in [3.8, 4) is 0 Å². The lowest BCUT2D eigenvalue weighted by Gasteiger charge is -2.36. The van der Waals surface area contributed by atoms with Crippen molar-refractivity contribution in [2.45, 2.75) is 39.3 Å². The van der Waals surface area contributed by atoms with Crippen LogP contribution in [-0.2, 0) is 11.3 Å². The van der Waals surface area contributed by atoms with Gasteiger partial charge in [0.2, 0.25) is 0 Å². The van der Waals surface area contributed by atoms with E-state index in [1.807, 2.05) is 19.9 Å². The van der Waals surface area contributed by atoms with E-state index in [1.165, 1.54) is 6.07 Å². The van der Waals surface area contributed by atoms with Crippen molar-refractivity contribution >= 4 is 5.97 Å². The molecule has 1 N–H and O–H groups in total. The monoisotopic (exact) mass is 265 g/mol. The Bertz CT molecular complexity index is 475. The minimum absolute atomic E-state index is 0.176. The zero-order chi connectivity index (χ0) is 14.0. The molecule has 0 radical (unpaired) electrons. The Morgan fingerprint density at radius 2 is 2.26 bits per heavy atom. The van der Waals surface area contributed by atoms with Gasteiger partial charge in [-0.3, -0.25) is 9.69 Å². The molecule has 0 spiro atoms. The minimum Gasteiger partial charge on any atom is -0.481 e. The third kappa shape index (κ3) is 3.32. The number of rotatable bonds is 3. The molecule has 1 aromatic carbocycles. The van der Waals surface area contributed by atoms with Gasteiger partial charge in [-0.25, -0.2) is 4.39 Å². The molecule has 1 aliphatic rings. The lowest BCUT2D eigenvalue weighted by molar-refractivity contribution is -0.144. The highest BCUT2D eigenvalue weighted by atomic mass is 19.1. The number of aliphatic carboxylic acids is 1. The summed E-state index contributed by atoms with van der Waals surface area (Å²) in [5.41, 5.74) is 1.74. The van der Waals surface area contributed by atoms with E-state index in [0.717, 1.165) is 5.56 Å². The molecule has 1 aliphatic heterocycles. The van der Waals surface area contributed by atoms with Gasteiger partial charge in [-0.15, -0.1) is 0 Å². The van der Waals surface area contributed by atoms with Crippen LogP contribution < -0.4 is 0 Å². The third-order valence-electron chi connectivity index (χ3n) is 3.94.